The van der Waals surface area contributed by atoms with E-state index in [2.05, 4.69) is 0 Å². The molecule has 0 aliphatic rings. The van der Waals surface area contributed by atoms with Gasteiger partial charge < -0.3 is 14.4 Å². The van der Waals surface area contributed by atoms with E-state index in [1.54, 1.807) is 25.1 Å². The molecule has 115 valence electrons. The lowest BCUT2D eigenvalue weighted by Crippen LogP contribution is -2.03. The van der Waals surface area contributed by atoms with Gasteiger partial charge in [-0.3, -0.25) is 0 Å². The van der Waals surface area contributed by atoms with Gasteiger partial charge >= 0.3 is 7.69 Å². The van der Waals surface area contributed by atoms with Gasteiger partial charge in [-0.1, -0.05) is 24.3 Å². The Bertz CT molecular complexity index is 864. The average molecular weight is 309 g/mol. The van der Waals surface area contributed by atoms with E-state index < -0.39 is 0 Å². The van der Waals surface area contributed by atoms with Gasteiger partial charge in [0.15, 0.2) is 0 Å². The van der Waals surface area contributed by atoms with Gasteiger partial charge in [-0.2, -0.15) is 0 Å². The van der Waals surface area contributed by atoms with Crippen molar-refractivity contribution in [2.45, 2.75) is 6.92 Å². The van der Waals surface area contributed by atoms with Crippen molar-refractivity contribution in [2.24, 2.45) is 0 Å². The molecule has 0 bridgehead atoms. The SMILES string of the molecule is COc1c(-c2cc3ccccc3cc2F)ccc(O[B]O)c1C. The van der Waals surface area contributed by atoms with E-state index in [1.807, 2.05) is 24.3 Å². The summed E-state index contributed by atoms with van der Waals surface area (Å²) < 4.78 is 25.0. The summed E-state index contributed by atoms with van der Waals surface area (Å²) in [6.07, 6.45) is 0. The number of ether oxygens (including phenoxy) is 1. The van der Waals surface area contributed by atoms with Gasteiger partial charge in [0.2, 0.25) is 0 Å². The van der Waals surface area contributed by atoms with Crippen molar-refractivity contribution in [3.05, 3.63) is 59.9 Å². The summed E-state index contributed by atoms with van der Waals surface area (Å²) >= 11 is 0. The maximum atomic E-state index is 14.6. The highest BCUT2D eigenvalue weighted by Crippen LogP contribution is 2.39. The molecule has 0 atom stereocenters. The fraction of sp³-hybridized carbons (Fsp3) is 0.111. The Morgan fingerprint density at radius 3 is 2.35 bits per heavy atom. The number of fused-ring (bicyclic) bond motifs is 1. The number of benzene rings is 3. The van der Waals surface area contributed by atoms with Gasteiger partial charge in [-0.25, -0.2) is 4.39 Å². The van der Waals surface area contributed by atoms with Crippen LogP contribution < -0.4 is 9.39 Å². The van der Waals surface area contributed by atoms with Gasteiger partial charge in [-0.05, 0) is 42.0 Å². The third kappa shape index (κ3) is 2.75. The van der Waals surface area contributed by atoms with Crippen LogP contribution in [0.15, 0.2) is 48.5 Å². The van der Waals surface area contributed by atoms with E-state index in [0.717, 1.165) is 10.8 Å². The van der Waals surface area contributed by atoms with Gasteiger partial charge in [0.05, 0.1) is 7.11 Å². The highest BCUT2D eigenvalue weighted by Gasteiger charge is 2.16. The molecule has 0 fully saturated rings. The van der Waals surface area contributed by atoms with Gasteiger partial charge in [0, 0.05) is 16.7 Å². The number of methoxy groups -OCH3 is 1. The summed E-state index contributed by atoms with van der Waals surface area (Å²) in [4.78, 5) is 0. The molecule has 0 aliphatic carbocycles. The number of hydrogen-bond acceptors (Lipinski definition) is 3. The molecule has 0 aliphatic heterocycles. The van der Waals surface area contributed by atoms with Gasteiger partial charge in [0.1, 0.15) is 17.3 Å². The monoisotopic (exact) mass is 309 g/mol. The lowest BCUT2D eigenvalue weighted by atomic mass is 9.97. The summed E-state index contributed by atoms with van der Waals surface area (Å²) in [6, 6.07) is 14.3. The first kappa shape index (κ1) is 15.4. The second-order valence-electron chi connectivity index (χ2n) is 5.17. The van der Waals surface area contributed by atoms with E-state index >= 15 is 0 Å². The van der Waals surface area contributed by atoms with Crippen molar-refractivity contribution in [3.63, 3.8) is 0 Å². The van der Waals surface area contributed by atoms with Crippen LogP contribution in [0, 0.1) is 12.7 Å². The molecular formula is C18H15BFO3. The van der Waals surface area contributed by atoms with Crippen LogP contribution in [0.25, 0.3) is 21.9 Å². The predicted molar refractivity (Wildman–Crippen MR) is 89.2 cm³/mol. The Hall–Kier alpha value is -2.53. The number of hydrogen-bond donors (Lipinski definition) is 1. The van der Waals surface area contributed by atoms with Crippen molar-refractivity contribution in [3.8, 4) is 22.6 Å². The quantitative estimate of drug-likeness (QED) is 0.744. The first-order valence-corrected chi connectivity index (χ1v) is 7.14. The summed E-state index contributed by atoms with van der Waals surface area (Å²) in [5.41, 5.74) is 1.78. The summed E-state index contributed by atoms with van der Waals surface area (Å²) in [5.74, 6) is 0.650. The van der Waals surface area contributed by atoms with Crippen molar-refractivity contribution in [2.75, 3.05) is 7.11 Å². The molecule has 5 heteroatoms. The molecule has 0 saturated heterocycles. The van der Waals surface area contributed by atoms with E-state index in [-0.39, 0.29) is 5.82 Å². The Kier molecular flexibility index (Phi) is 4.21. The largest absolute Gasteiger partial charge is 0.569 e. The zero-order valence-corrected chi connectivity index (χ0v) is 12.8. The molecule has 0 amide bonds. The van der Waals surface area contributed by atoms with Gasteiger partial charge in [0.25, 0.3) is 0 Å². The van der Waals surface area contributed by atoms with Crippen LogP contribution in [0.2, 0.25) is 0 Å². The third-order valence-electron chi connectivity index (χ3n) is 3.87. The van der Waals surface area contributed by atoms with E-state index in [9.17, 15) is 4.39 Å². The fourth-order valence-corrected chi connectivity index (χ4v) is 2.75. The third-order valence-corrected chi connectivity index (χ3v) is 3.87. The molecule has 1 radical (unpaired) electrons. The standard InChI is InChI=1S/C18H15BFO3/c1-11-17(23-19-21)8-7-14(18(11)22-2)15-9-12-5-3-4-6-13(12)10-16(15)20/h3-10,21H,1-2H3. The average Bonchev–Trinajstić information content (AvgIpc) is 2.56. The molecule has 0 unspecified atom stereocenters. The van der Waals surface area contributed by atoms with E-state index in [1.165, 1.54) is 13.2 Å². The van der Waals surface area contributed by atoms with E-state index in [4.69, 9.17) is 14.4 Å². The fourth-order valence-electron chi connectivity index (χ4n) is 2.75. The van der Waals surface area contributed by atoms with Crippen LogP contribution in [-0.2, 0) is 0 Å². The topological polar surface area (TPSA) is 38.7 Å². The molecule has 3 aromatic rings. The maximum absolute atomic E-state index is 14.6. The summed E-state index contributed by atoms with van der Waals surface area (Å²) in [5, 5.41) is 10.6. The highest BCUT2D eigenvalue weighted by atomic mass is 19.1. The van der Waals surface area contributed by atoms with Crippen LogP contribution >= 0.6 is 0 Å². The van der Waals surface area contributed by atoms with Crippen LogP contribution in [0.1, 0.15) is 5.56 Å². The minimum absolute atomic E-state index is 0.316. The minimum Gasteiger partial charge on any atom is -0.537 e. The van der Waals surface area contributed by atoms with Crippen molar-refractivity contribution in [1.29, 1.82) is 0 Å². The molecule has 3 rings (SSSR count). The number of halogens is 1. The zero-order valence-electron chi connectivity index (χ0n) is 12.8. The molecule has 0 aromatic heterocycles. The smallest absolute Gasteiger partial charge is 0.537 e. The lowest BCUT2D eigenvalue weighted by molar-refractivity contribution is 0.406. The van der Waals surface area contributed by atoms with E-state index in [0.29, 0.717) is 35.9 Å². The Labute approximate surface area is 134 Å². The zero-order chi connectivity index (χ0) is 16.4. The van der Waals surface area contributed by atoms with Crippen LogP contribution in [0.3, 0.4) is 0 Å². The first-order chi connectivity index (χ1) is 11.2. The molecule has 0 spiro atoms. The van der Waals surface area contributed by atoms with Crippen molar-refractivity contribution in [1.82, 2.24) is 0 Å². The van der Waals surface area contributed by atoms with Crippen LogP contribution in [0.4, 0.5) is 4.39 Å². The van der Waals surface area contributed by atoms with Crippen molar-refractivity contribution < 1.29 is 18.8 Å². The normalized spacial score (nSPS) is 10.6. The highest BCUT2D eigenvalue weighted by molar-refractivity contribution is 6.17. The Morgan fingerprint density at radius 1 is 1.00 bits per heavy atom. The maximum Gasteiger partial charge on any atom is 0.569 e. The molecule has 1 N–H and O–H groups in total. The van der Waals surface area contributed by atoms with Crippen molar-refractivity contribution >= 4 is 18.5 Å². The van der Waals surface area contributed by atoms with Crippen LogP contribution in [-0.4, -0.2) is 19.8 Å². The first-order valence-electron chi connectivity index (χ1n) is 7.14. The summed E-state index contributed by atoms with van der Waals surface area (Å²) in [6.45, 7) is 1.79. The lowest BCUT2D eigenvalue weighted by Gasteiger charge is -2.16. The summed E-state index contributed by atoms with van der Waals surface area (Å²) in [7, 11) is 2.13. The molecular weight excluding hydrogens is 294 g/mol. The minimum atomic E-state index is -0.316. The second kappa shape index (κ2) is 6.30. The number of rotatable bonds is 4. The van der Waals surface area contributed by atoms with Gasteiger partial charge in [-0.15, -0.1) is 0 Å². The molecule has 0 heterocycles. The Balaban J connectivity index is 2.22. The molecule has 23 heavy (non-hydrogen) atoms. The van der Waals surface area contributed by atoms with Crippen LogP contribution in [0.5, 0.6) is 11.5 Å². The molecule has 3 aromatic carbocycles. The molecule has 3 nitrogen and oxygen atoms in total. The second-order valence-corrected chi connectivity index (χ2v) is 5.17. The predicted octanol–water partition coefficient (Wildman–Crippen LogP) is 3.87. The Morgan fingerprint density at radius 2 is 1.70 bits per heavy atom. The molecule has 0 saturated carbocycles.